The fourth-order valence-electron chi connectivity index (χ4n) is 4.16. The second-order valence-electron chi connectivity index (χ2n) is 7.38. The zero-order chi connectivity index (χ0) is 16.9. The molecule has 4 rings (SSSR count). The third-order valence-electron chi connectivity index (χ3n) is 5.62. The maximum atomic E-state index is 3.39. The van der Waals surface area contributed by atoms with Gasteiger partial charge in [0, 0.05) is 41.9 Å². The van der Waals surface area contributed by atoms with E-state index >= 15 is 0 Å². The predicted octanol–water partition coefficient (Wildman–Crippen LogP) is 1.52. The van der Waals surface area contributed by atoms with E-state index in [0.29, 0.717) is 0 Å². The SMILES string of the molecule is c1ccc(C[NH+]2CCC([NH2+]CCc3c[nH]c4ccccc34)CC2)cc1. The van der Waals surface area contributed by atoms with Gasteiger partial charge in [-0.15, -0.1) is 0 Å². The first kappa shape index (κ1) is 16.4. The standard InChI is InChI=1S/C22H27N3/c1-2-6-18(7-3-1)17-25-14-11-20(12-15-25)23-13-10-19-16-24-22-9-5-4-8-21(19)22/h1-9,16,20,23-24H,10-15,17H2/p+2. The van der Waals surface area contributed by atoms with Crippen LogP contribution in [0.3, 0.4) is 0 Å². The lowest BCUT2D eigenvalue weighted by Gasteiger charge is -2.28. The quantitative estimate of drug-likeness (QED) is 0.611. The van der Waals surface area contributed by atoms with E-state index in [-0.39, 0.29) is 0 Å². The molecule has 1 saturated heterocycles. The third kappa shape index (κ3) is 4.12. The highest BCUT2D eigenvalue weighted by Crippen LogP contribution is 2.17. The van der Waals surface area contributed by atoms with Crippen LogP contribution in [0.25, 0.3) is 10.9 Å². The van der Waals surface area contributed by atoms with Crippen LogP contribution < -0.4 is 10.2 Å². The number of hydrogen-bond acceptors (Lipinski definition) is 0. The molecule has 130 valence electrons. The number of piperidine rings is 1. The lowest BCUT2D eigenvalue weighted by molar-refractivity contribution is -0.926. The number of rotatable bonds is 6. The normalized spacial score (nSPS) is 20.8. The molecular formula is C22H29N3+2. The molecule has 0 saturated carbocycles. The van der Waals surface area contributed by atoms with E-state index in [4.69, 9.17) is 0 Å². The van der Waals surface area contributed by atoms with E-state index in [0.717, 1.165) is 12.5 Å². The summed E-state index contributed by atoms with van der Waals surface area (Å²) in [6.45, 7) is 5.00. The van der Waals surface area contributed by atoms with Crippen LogP contribution in [0.15, 0.2) is 60.8 Å². The Bertz CT molecular complexity index is 785. The Labute approximate surface area is 150 Å². The lowest BCUT2D eigenvalue weighted by atomic mass is 10.0. The van der Waals surface area contributed by atoms with E-state index in [9.17, 15) is 0 Å². The number of para-hydroxylation sites is 1. The van der Waals surface area contributed by atoms with Crippen LogP contribution in [0.5, 0.6) is 0 Å². The summed E-state index contributed by atoms with van der Waals surface area (Å²) in [7, 11) is 0. The van der Waals surface area contributed by atoms with Gasteiger partial charge in [0.05, 0.1) is 25.7 Å². The molecule has 1 aromatic heterocycles. The van der Waals surface area contributed by atoms with Gasteiger partial charge in [-0.1, -0.05) is 48.5 Å². The molecule has 0 aliphatic carbocycles. The lowest BCUT2D eigenvalue weighted by Crippen LogP contribution is -3.13. The number of likely N-dealkylation sites (tertiary alicyclic amines) is 1. The topological polar surface area (TPSA) is 36.8 Å². The van der Waals surface area contributed by atoms with Crippen molar-refractivity contribution >= 4 is 10.9 Å². The number of benzene rings is 2. The number of nitrogens with two attached hydrogens (primary N) is 1. The highest BCUT2D eigenvalue weighted by atomic mass is 15.1. The number of H-pyrrole nitrogens is 1. The molecule has 1 fully saturated rings. The predicted molar refractivity (Wildman–Crippen MR) is 103 cm³/mol. The summed E-state index contributed by atoms with van der Waals surface area (Å²) in [5.41, 5.74) is 4.19. The molecule has 1 aliphatic rings. The van der Waals surface area contributed by atoms with Crippen molar-refractivity contribution in [3.63, 3.8) is 0 Å². The Morgan fingerprint density at radius 2 is 1.72 bits per heavy atom. The van der Waals surface area contributed by atoms with Crippen molar-refractivity contribution in [1.29, 1.82) is 0 Å². The van der Waals surface area contributed by atoms with Gasteiger partial charge < -0.3 is 15.2 Å². The molecule has 3 heteroatoms. The fraction of sp³-hybridized carbons (Fsp3) is 0.364. The van der Waals surface area contributed by atoms with Crippen LogP contribution in [0.2, 0.25) is 0 Å². The van der Waals surface area contributed by atoms with E-state index in [2.05, 4.69) is 71.1 Å². The van der Waals surface area contributed by atoms with E-state index in [1.165, 1.54) is 61.1 Å². The van der Waals surface area contributed by atoms with Gasteiger partial charge in [0.25, 0.3) is 0 Å². The summed E-state index contributed by atoms with van der Waals surface area (Å²) in [4.78, 5) is 5.13. The van der Waals surface area contributed by atoms with Crippen molar-refractivity contribution in [1.82, 2.24) is 4.98 Å². The monoisotopic (exact) mass is 335 g/mol. The van der Waals surface area contributed by atoms with Gasteiger partial charge in [-0.05, 0) is 11.6 Å². The Kier molecular flexibility index (Phi) is 5.14. The summed E-state index contributed by atoms with van der Waals surface area (Å²) >= 11 is 0. The van der Waals surface area contributed by atoms with Crippen molar-refractivity contribution in [2.75, 3.05) is 19.6 Å². The average Bonchev–Trinajstić information content (AvgIpc) is 3.07. The highest BCUT2D eigenvalue weighted by Gasteiger charge is 2.24. The minimum absolute atomic E-state index is 0.810. The summed E-state index contributed by atoms with van der Waals surface area (Å²) in [6, 6.07) is 20.4. The number of aromatic amines is 1. The van der Waals surface area contributed by atoms with Crippen LogP contribution in [-0.2, 0) is 13.0 Å². The average molecular weight is 335 g/mol. The molecule has 4 N–H and O–H groups in total. The number of aromatic nitrogens is 1. The van der Waals surface area contributed by atoms with Gasteiger partial charge in [-0.25, -0.2) is 0 Å². The molecule has 0 amide bonds. The zero-order valence-corrected chi connectivity index (χ0v) is 14.9. The summed E-state index contributed by atoms with van der Waals surface area (Å²) < 4.78 is 0. The van der Waals surface area contributed by atoms with Crippen molar-refractivity contribution in [3.8, 4) is 0 Å². The minimum Gasteiger partial charge on any atom is -0.361 e. The van der Waals surface area contributed by atoms with Gasteiger partial charge in [0.2, 0.25) is 0 Å². The molecule has 0 atom stereocenters. The smallest absolute Gasteiger partial charge is 0.103 e. The molecule has 0 radical (unpaired) electrons. The van der Waals surface area contributed by atoms with Crippen molar-refractivity contribution in [2.45, 2.75) is 31.8 Å². The Hall–Kier alpha value is -2.10. The van der Waals surface area contributed by atoms with Gasteiger partial charge in [0.15, 0.2) is 0 Å². The van der Waals surface area contributed by atoms with Crippen molar-refractivity contribution < 1.29 is 10.2 Å². The number of hydrogen-bond donors (Lipinski definition) is 3. The molecule has 0 spiro atoms. The molecule has 1 aliphatic heterocycles. The second-order valence-corrected chi connectivity index (χ2v) is 7.38. The number of nitrogens with one attached hydrogen (secondary N) is 2. The molecule has 0 bridgehead atoms. The maximum absolute atomic E-state index is 3.39. The highest BCUT2D eigenvalue weighted by molar-refractivity contribution is 5.82. The largest absolute Gasteiger partial charge is 0.361 e. The van der Waals surface area contributed by atoms with Crippen molar-refractivity contribution in [2.24, 2.45) is 0 Å². The van der Waals surface area contributed by atoms with Crippen LogP contribution >= 0.6 is 0 Å². The first-order chi connectivity index (χ1) is 12.4. The summed E-state index contributed by atoms with van der Waals surface area (Å²) in [5.74, 6) is 0. The minimum atomic E-state index is 0.810. The van der Waals surface area contributed by atoms with E-state index in [1.807, 2.05) is 0 Å². The van der Waals surface area contributed by atoms with Crippen LogP contribution in [0, 0.1) is 0 Å². The van der Waals surface area contributed by atoms with Gasteiger partial charge in [0.1, 0.15) is 6.54 Å². The summed E-state index contributed by atoms with van der Waals surface area (Å²) in [6.07, 6.45) is 6.03. The van der Waals surface area contributed by atoms with Gasteiger partial charge in [-0.3, -0.25) is 0 Å². The number of quaternary nitrogens is 2. The molecule has 3 nitrogen and oxygen atoms in total. The van der Waals surface area contributed by atoms with Gasteiger partial charge in [-0.2, -0.15) is 0 Å². The third-order valence-corrected chi connectivity index (χ3v) is 5.62. The molecular weight excluding hydrogens is 306 g/mol. The Balaban J connectivity index is 1.21. The first-order valence-corrected chi connectivity index (χ1v) is 9.64. The molecule has 25 heavy (non-hydrogen) atoms. The van der Waals surface area contributed by atoms with Crippen molar-refractivity contribution in [3.05, 3.63) is 71.9 Å². The first-order valence-electron chi connectivity index (χ1n) is 9.64. The summed E-state index contributed by atoms with van der Waals surface area (Å²) in [5, 5.41) is 3.97. The molecule has 2 aromatic carbocycles. The maximum Gasteiger partial charge on any atom is 0.103 e. The zero-order valence-electron chi connectivity index (χ0n) is 14.9. The second kappa shape index (κ2) is 7.85. The Morgan fingerprint density at radius 3 is 2.56 bits per heavy atom. The molecule has 2 heterocycles. The van der Waals surface area contributed by atoms with Crippen LogP contribution in [0.1, 0.15) is 24.0 Å². The van der Waals surface area contributed by atoms with E-state index in [1.54, 1.807) is 4.90 Å². The molecule has 0 unspecified atom stereocenters. The number of fused-ring (bicyclic) bond motifs is 1. The van der Waals surface area contributed by atoms with E-state index < -0.39 is 0 Å². The Morgan fingerprint density at radius 1 is 0.960 bits per heavy atom. The van der Waals surface area contributed by atoms with Gasteiger partial charge >= 0.3 is 0 Å². The van der Waals surface area contributed by atoms with Crippen LogP contribution in [-0.4, -0.2) is 30.7 Å². The fourth-order valence-corrected chi connectivity index (χ4v) is 4.16. The molecule has 3 aromatic rings. The van der Waals surface area contributed by atoms with Crippen LogP contribution in [0.4, 0.5) is 0 Å².